The summed E-state index contributed by atoms with van der Waals surface area (Å²) in [4.78, 5) is 12.8. The Morgan fingerprint density at radius 1 is 1.31 bits per heavy atom. The zero-order valence-electron chi connectivity index (χ0n) is 15.2. The highest BCUT2D eigenvalue weighted by molar-refractivity contribution is 14.0. The van der Waals surface area contributed by atoms with Crippen molar-refractivity contribution in [2.24, 2.45) is 4.99 Å². The Morgan fingerprint density at radius 3 is 2.69 bits per heavy atom. The minimum Gasteiger partial charge on any atom is -0.352 e. The third-order valence-corrected chi connectivity index (χ3v) is 5.51. The quantitative estimate of drug-likeness (QED) is 0.411. The van der Waals surface area contributed by atoms with Crippen LogP contribution in [0.1, 0.15) is 39.5 Å². The van der Waals surface area contributed by atoms with Crippen molar-refractivity contribution >= 4 is 41.3 Å². The molecule has 1 aliphatic rings. The number of nitrogens with zero attached hydrogens (tertiary/aromatic N) is 4. The molecule has 138 valence electrons. The first-order chi connectivity index (χ1) is 12.2. The number of hydrogen-bond donors (Lipinski definition) is 1. The summed E-state index contributed by atoms with van der Waals surface area (Å²) >= 11 is 1.84. The first-order valence-electron chi connectivity index (χ1n) is 8.58. The summed E-state index contributed by atoms with van der Waals surface area (Å²) < 4.78 is 0. The highest BCUT2D eigenvalue weighted by atomic mass is 127. The number of fused-ring (bicyclic) bond motifs is 1. The van der Waals surface area contributed by atoms with Crippen LogP contribution in [0.4, 0.5) is 0 Å². The van der Waals surface area contributed by atoms with Crippen molar-refractivity contribution < 1.29 is 0 Å². The van der Waals surface area contributed by atoms with Gasteiger partial charge in [0.1, 0.15) is 5.01 Å². The normalized spacial score (nSPS) is 13.3. The maximum absolute atomic E-state index is 8.86. The maximum atomic E-state index is 8.86. The first-order valence-corrected chi connectivity index (χ1v) is 9.39. The van der Waals surface area contributed by atoms with Crippen LogP contribution >= 0.6 is 35.3 Å². The Balaban J connectivity index is 0.00000243. The van der Waals surface area contributed by atoms with E-state index in [0.29, 0.717) is 12.1 Å². The Labute approximate surface area is 176 Å². The summed E-state index contributed by atoms with van der Waals surface area (Å²) in [5.74, 6) is 0.845. The fraction of sp³-hybridized carbons (Fsp3) is 0.421. The number of rotatable bonds is 4. The molecule has 0 radical (unpaired) electrons. The summed E-state index contributed by atoms with van der Waals surface area (Å²) in [6, 6.07) is 9.74. The smallest absolute Gasteiger partial charge is 0.194 e. The van der Waals surface area contributed by atoms with E-state index in [9.17, 15) is 0 Å². The van der Waals surface area contributed by atoms with Crippen LogP contribution in [0.3, 0.4) is 0 Å². The third kappa shape index (κ3) is 5.17. The highest BCUT2D eigenvalue weighted by Gasteiger charge is 2.16. The molecule has 7 heteroatoms. The number of nitrogens with one attached hydrogen (secondary N) is 1. The van der Waals surface area contributed by atoms with Gasteiger partial charge in [0.25, 0.3) is 0 Å². The van der Waals surface area contributed by atoms with Crippen molar-refractivity contribution in [3.05, 3.63) is 51.0 Å². The number of aryl methyl sites for hydroxylation is 2. The van der Waals surface area contributed by atoms with Crippen LogP contribution in [0.5, 0.6) is 0 Å². The number of hydrogen-bond acceptors (Lipinski definition) is 4. The number of aromatic nitrogens is 1. The Morgan fingerprint density at radius 2 is 2.04 bits per heavy atom. The molecule has 0 saturated carbocycles. The van der Waals surface area contributed by atoms with Gasteiger partial charge in [0.15, 0.2) is 5.96 Å². The van der Waals surface area contributed by atoms with Crippen molar-refractivity contribution in [1.82, 2.24) is 15.2 Å². The van der Waals surface area contributed by atoms with Gasteiger partial charge < -0.3 is 10.2 Å². The van der Waals surface area contributed by atoms with E-state index in [0.717, 1.165) is 29.5 Å². The molecule has 0 amide bonds. The number of thiazole rings is 1. The lowest BCUT2D eigenvalue weighted by atomic mass is 10.0. The van der Waals surface area contributed by atoms with Crippen LogP contribution < -0.4 is 5.32 Å². The lowest BCUT2D eigenvalue weighted by Crippen LogP contribution is -2.38. The number of guanidine groups is 1. The highest BCUT2D eigenvalue weighted by Crippen LogP contribution is 2.27. The second-order valence-corrected chi connectivity index (χ2v) is 7.42. The third-order valence-electron chi connectivity index (χ3n) is 4.37. The molecule has 0 spiro atoms. The fourth-order valence-electron chi connectivity index (χ4n) is 3.01. The maximum Gasteiger partial charge on any atom is 0.194 e. The summed E-state index contributed by atoms with van der Waals surface area (Å²) in [5, 5.41) is 13.4. The van der Waals surface area contributed by atoms with Crippen LogP contribution in [0.2, 0.25) is 0 Å². The lowest BCUT2D eigenvalue weighted by molar-refractivity contribution is 0.474. The Bertz CT molecular complexity index is 768. The van der Waals surface area contributed by atoms with Gasteiger partial charge in [-0.05, 0) is 43.4 Å². The molecule has 0 aliphatic heterocycles. The molecule has 0 saturated heterocycles. The molecule has 1 aromatic heterocycles. The van der Waals surface area contributed by atoms with Gasteiger partial charge in [0.2, 0.25) is 0 Å². The van der Waals surface area contributed by atoms with Gasteiger partial charge in [-0.15, -0.1) is 35.3 Å². The van der Waals surface area contributed by atoms with Crippen molar-refractivity contribution in [1.29, 1.82) is 5.26 Å². The molecule has 0 unspecified atom stereocenters. The Hall–Kier alpha value is -1.66. The summed E-state index contributed by atoms with van der Waals surface area (Å²) in [6.45, 7) is 1.45. The van der Waals surface area contributed by atoms with Crippen LogP contribution in [-0.2, 0) is 25.9 Å². The van der Waals surface area contributed by atoms with Crippen LogP contribution in [0.25, 0.3) is 0 Å². The Kier molecular flexibility index (Phi) is 7.85. The van der Waals surface area contributed by atoms with E-state index in [1.165, 1.54) is 29.8 Å². The lowest BCUT2D eigenvalue weighted by Gasteiger charge is -2.21. The molecule has 0 bridgehead atoms. The second-order valence-electron chi connectivity index (χ2n) is 6.25. The van der Waals surface area contributed by atoms with Gasteiger partial charge in [-0.25, -0.2) is 4.98 Å². The molecule has 1 N–H and O–H groups in total. The van der Waals surface area contributed by atoms with Crippen LogP contribution in [0.15, 0.2) is 29.3 Å². The van der Waals surface area contributed by atoms with E-state index >= 15 is 0 Å². The van der Waals surface area contributed by atoms with E-state index in [1.807, 2.05) is 42.6 Å². The fourth-order valence-corrected chi connectivity index (χ4v) is 4.22. The predicted octanol–water partition coefficient (Wildman–Crippen LogP) is 3.72. The monoisotopic (exact) mass is 481 g/mol. The summed E-state index contributed by atoms with van der Waals surface area (Å²) in [5.41, 5.74) is 3.11. The van der Waals surface area contributed by atoms with Crippen molar-refractivity contribution in [2.75, 3.05) is 14.1 Å². The predicted molar refractivity (Wildman–Crippen MR) is 117 cm³/mol. The summed E-state index contributed by atoms with van der Waals surface area (Å²) in [7, 11) is 3.83. The molecular weight excluding hydrogens is 457 g/mol. The zero-order chi connectivity index (χ0) is 17.6. The van der Waals surface area contributed by atoms with E-state index in [-0.39, 0.29) is 24.0 Å². The standard InChI is InChI=1S/C19H23N5S.HI/c1-21-19(22-12-15-9-7-14(11-20)8-10-15)24(2)13-18-23-16-5-3-4-6-17(16)25-18;/h7-10H,3-6,12-13H2,1-2H3,(H,21,22);1H. The molecule has 26 heavy (non-hydrogen) atoms. The van der Waals surface area contributed by atoms with E-state index in [2.05, 4.69) is 21.3 Å². The SMILES string of the molecule is CN=C(NCc1ccc(C#N)cc1)N(C)Cc1nc2c(s1)CCCC2.I. The molecule has 3 rings (SSSR count). The van der Waals surface area contributed by atoms with E-state index in [1.54, 1.807) is 7.05 Å². The first kappa shape index (κ1) is 20.6. The second kappa shape index (κ2) is 9.88. The van der Waals surface area contributed by atoms with Gasteiger partial charge in [-0.2, -0.15) is 5.26 Å². The van der Waals surface area contributed by atoms with Crippen molar-refractivity contribution in [3.8, 4) is 6.07 Å². The topological polar surface area (TPSA) is 64.3 Å². The molecule has 2 aromatic rings. The molecular formula is C19H24IN5S. The van der Waals surface area contributed by atoms with Gasteiger partial charge in [0.05, 0.1) is 23.9 Å². The van der Waals surface area contributed by atoms with Crippen LogP contribution in [-0.4, -0.2) is 29.9 Å². The largest absolute Gasteiger partial charge is 0.352 e. The van der Waals surface area contributed by atoms with E-state index < -0.39 is 0 Å². The summed E-state index contributed by atoms with van der Waals surface area (Å²) in [6.07, 6.45) is 4.86. The molecule has 0 fully saturated rings. The molecule has 5 nitrogen and oxygen atoms in total. The minimum absolute atomic E-state index is 0. The zero-order valence-corrected chi connectivity index (χ0v) is 18.3. The van der Waals surface area contributed by atoms with Gasteiger partial charge >= 0.3 is 0 Å². The van der Waals surface area contributed by atoms with Gasteiger partial charge in [-0.1, -0.05) is 12.1 Å². The molecule has 1 aromatic carbocycles. The number of nitriles is 1. The van der Waals surface area contributed by atoms with Gasteiger partial charge in [-0.3, -0.25) is 4.99 Å². The van der Waals surface area contributed by atoms with Gasteiger partial charge in [0, 0.05) is 25.5 Å². The number of halogens is 1. The minimum atomic E-state index is 0. The van der Waals surface area contributed by atoms with E-state index in [4.69, 9.17) is 10.2 Å². The molecule has 0 atom stereocenters. The van der Waals surface area contributed by atoms with Crippen LogP contribution in [0, 0.1) is 11.3 Å². The number of benzene rings is 1. The average Bonchev–Trinajstić information content (AvgIpc) is 3.05. The van der Waals surface area contributed by atoms with Crippen molar-refractivity contribution in [2.45, 2.75) is 38.8 Å². The number of aliphatic imine (C=N–C) groups is 1. The average molecular weight is 481 g/mol. The molecule has 1 aliphatic carbocycles. The van der Waals surface area contributed by atoms with Crippen molar-refractivity contribution in [3.63, 3.8) is 0 Å². The molecule has 1 heterocycles.